The summed E-state index contributed by atoms with van der Waals surface area (Å²) in [7, 11) is 0. The SMILES string of the molecule is N#CNC1=NC(c2cc(O)ccc2[N+](=O)[O-])c2c(nc(N)c(C#N)c2N)N1. The Morgan fingerprint density at radius 1 is 1.37 bits per heavy atom. The fraction of sp³-hybridized carbons (Fsp3) is 0.0667. The van der Waals surface area contributed by atoms with Crippen molar-refractivity contribution in [2.24, 2.45) is 4.99 Å². The van der Waals surface area contributed by atoms with Gasteiger partial charge in [0.2, 0.25) is 5.96 Å². The lowest BCUT2D eigenvalue weighted by molar-refractivity contribution is -0.385. The number of nitrogens with two attached hydrogens (primary N) is 2. The van der Waals surface area contributed by atoms with Crippen molar-refractivity contribution in [2.45, 2.75) is 6.04 Å². The second-order valence-electron chi connectivity index (χ2n) is 5.40. The fourth-order valence-electron chi connectivity index (χ4n) is 2.73. The molecule has 0 bridgehead atoms. The zero-order valence-electron chi connectivity index (χ0n) is 13.5. The monoisotopic (exact) mass is 365 g/mol. The molecule has 1 unspecified atom stereocenters. The molecule has 0 saturated heterocycles. The van der Waals surface area contributed by atoms with Gasteiger partial charge in [0.05, 0.1) is 16.2 Å². The molecule has 0 amide bonds. The zero-order chi connectivity index (χ0) is 19.7. The number of phenols is 1. The van der Waals surface area contributed by atoms with Crippen LogP contribution in [0.1, 0.15) is 22.7 Å². The van der Waals surface area contributed by atoms with Crippen LogP contribution in [-0.2, 0) is 0 Å². The van der Waals surface area contributed by atoms with E-state index in [-0.39, 0.29) is 51.4 Å². The van der Waals surface area contributed by atoms with Crippen LogP contribution in [0.3, 0.4) is 0 Å². The van der Waals surface area contributed by atoms with Crippen molar-refractivity contribution < 1.29 is 10.0 Å². The number of phenolic OH excluding ortho intramolecular Hbond substituents is 1. The van der Waals surface area contributed by atoms with Crippen molar-refractivity contribution in [3.8, 4) is 18.0 Å². The average molecular weight is 365 g/mol. The van der Waals surface area contributed by atoms with E-state index in [0.29, 0.717) is 0 Å². The predicted octanol–water partition coefficient (Wildman–Crippen LogP) is 0.673. The highest BCUT2D eigenvalue weighted by molar-refractivity contribution is 5.98. The summed E-state index contributed by atoms with van der Waals surface area (Å²) < 4.78 is 0. The number of anilines is 3. The number of hydrogen-bond donors (Lipinski definition) is 5. The fourth-order valence-corrected chi connectivity index (χ4v) is 2.73. The number of nitro benzene ring substituents is 1. The van der Waals surface area contributed by atoms with Gasteiger partial charge in [0.1, 0.15) is 35.1 Å². The van der Waals surface area contributed by atoms with Crippen molar-refractivity contribution in [1.29, 1.82) is 10.5 Å². The molecule has 0 radical (unpaired) electrons. The zero-order valence-corrected chi connectivity index (χ0v) is 13.5. The molecule has 1 aromatic carbocycles. The van der Waals surface area contributed by atoms with Gasteiger partial charge in [-0.15, -0.1) is 0 Å². The molecule has 134 valence electrons. The van der Waals surface area contributed by atoms with Gasteiger partial charge in [-0.3, -0.25) is 15.4 Å². The Balaban J connectivity index is 2.34. The Morgan fingerprint density at radius 3 is 2.74 bits per heavy atom. The molecule has 27 heavy (non-hydrogen) atoms. The summed E-state index contributed by atoms with van der Waals surface area (Å²) in [5.74, 6) is -0.352. The van der Waals surface area contributed by atoms with Gasteiger partial charge in [0, 0.05) is 11.6 Å². The van der Waals surface area contributed by atoms with Gasteiger partial charge >= 0.3 is 0 Å². The first-order valence-electron chi connectivity index (χ1n) is 7.33. The minimum absolute atomic E-state index is 0.00199. The summed E-state index contributed by atoms with van der Waals surface area (Å²) in [5.41, 5.74) is 11.5. The van der Waals surface area contributed by atoms with Crippen molar-refractivity contribution in [1.82, 2.24) is 10.3 Å². The topological polar surface area (TPSA) is 212 Å². The van der Waals surface area contributed by atoms with Crippen LogP contribution in [0.15, 0.2) is 23.2 Å². The summed E-state index contributed by atoms with van der Waals surface area (Å²) in [6.45, 7) is 0. The van der Waals surface area contributed by atoms with E-state index in [2.05, 4.69) is 20.6 Å². The first-order valence-corrected chi connectivity index (χ1v) is 7.33. The molecule has 0 saturated carbocycles. The number of aliphatic imine (C=N–C) groups is 1. The van der Waals surface area contributed by atoms with Gasteiger partial charge in [-0.05, 0) is 12.1 Å². The third-order valence-corrected chi connectivity index (χ3v) is 3.86. The van der Waals surface area contributed by atoms with Gasteiger partial charge in [-0.25, -0.2) is 9.98 Å². The minimum Gasteiger partial charge on any atom is -0.508 e. The van der Waals surface area contributed by atoms with E-state index in [1.54, 1.807) is 6.19 Å². The third kappa shape index (κ3) is 2.83. The van der Waals surface area contributed by atoms with E-state index in [9.17, 15) is 20.5 Å². The highest BCUT2D eigenvalue weighted by atomic mass is 16.6. The molecule has 0 spiro atoms. The number of pyridine rings is 1. The molecular formula is C15H11N9O3. The van der Waals surface area contributed by atoms with Crippen LogP contribution in [0.5, 0.6) is 5.75 Å². The number of guanidine groups is 1. The van der Waals surface area contributed by atoms with E-state index < -0.39 is 11.0 Å². The lowest BCUT2D eigenvalue weighted by Gasteiger charge is -2.26. The van der Waals surface area contributed by atoms with E-state index in [4.69, 9.17) is 16.7 Å². The van der Waals surface area contributed by atoms with Crippen LogP contribution in [0.2, 0.25) is 0 Å². The summed E-state index contributed by atoms with van der Waals surface area (Å²) in [4.78, 5) is 19.1. The van der Waals surface area contributed by atoms with Crippen LogP contribution >= 0.6 is 0 Å². The highest BCUT2D eigenvalue weighted by Crippen LogP contribution is 2.43. The molecule has 12 heteroatoms. The summed E-state index contributed by atoms with van der Waals surface area (Å²) in [6, 6.07) is 4.15. The molecule has 7 N–H and O–H groups in total. The molecule has 2 heterocycles. The number of aromatic nitrogens is 1. The second-order valence-corrected chi connectivity index (χ2v) is 5.40. The number of aromatic hydroxyl groups is 1. The van der Waals surface area contributed by atoms with Gasteiger partial charge in [0.25, 0.3) is 5.69 Å². The van der Waals surface area contributed by atoms with Crippen LogP contribution < -0.4 is 22.1 Å². The number of nitro groups is 1. The lowest BCUT2D eigenvalue weighted by atomic mass is 9.94. The van der Waals surface area contributed by atoms with E-state index >= 15 is 0 Å². The molecule has 3 rings (SSSR count). The molecule has 1 atom stereocenters. The Hall–Kier alpha value is -4.58. The number of hydrogen-bond acceptors (Lipinski definition) is 11. The van der Waals surface area contributed by atoms with Crippen molar-refractivity contribution in [3.63, 3.8) is 0 Å². The normalized spacial score (nSPS) is 14.7. The van der Waals surface area contributed by atoms with Crippen LogP contribution in [-0.4, -0.2) is 21.0 Å². The number of rotatable bonds is 2. The standard InChI is InChI=1S/C15H11N9O3/c16-4-8-11(18)10-12(7-3-6(25)1-2-9(7)24(26)27)21-15(20-5-17)23-14(10)22-13(8)19/h1-3,12,25H,(H6,18,19,20,21,22,23). The number of nitriles is 2. The first-order chi connectivity index (χ1) is 12.9. The maximum absolute atomic E-state index is 11.4. The van der Waals surface area contributed by atoms with Gasteiger partial charge in [0.15, 0.2) is 6.19 Å². The van der Waals surface area contributed by atoms with E-state index in [1.807, 2.05) is 6.07 Å². The number of nitrogens with zero attached hydrogens (tertiary/aromatic N) is 5. The Bertz CT molecular complexity index is 1080. The molecule has 1 aliphatic rings. The average Bonchev–Trinajstić information content (AvgIpc) is 2.61. The molecule has 0 fully saturated rings. The molecular weight excluding hydrogens is 354 g/mol. The predicted molar refractivity (Wildman–Crippen MR) is 94.2 cm³/mol. The number of benzene rings is 1. The maximum Gasteiger partial charge on any atom is 0.275 e. The number of nitrogens with one attached hydrogen (secondary N) is 2. The minimum atomic E-state index is -1.12. The second kappa shape index (κ2) is 6.38. The number of nitrogen functional groups attached to an aromatic ring is 2. The summed E-state index contributed by atoms with van der Waals surface area (Å²) in [5, 5.41) is 44.3. The molecule has 2 aromatic rings. The maximum atomic E-state index is 11.4. The molecule has 1 aliphatic heterocycles. The largest absolute Gasteiger partial charge is 0.508 e. The van der Waals surface area contributed by atoms with Crippen LogP contribution in [0.4, 0.5) is 23.0 Å². The van der Waals surface area contributed by atoms with Crippen LogP contribution in [0, 0.1) is 32.9 Å². The first kappa shape index (κ1) is 17.2. The molecule has 1 aromatic heterocycles. The Morgan fingerprint density at radius 2 is 2.11 bits per heavy atom. The van der Waals surface area contributed by atoms with Crippen molar-refractivity contribution >= 4 is 29.0 Å². The molecule has 0 aliphatic carbocycles. The van der Waals surface area contributed by atoms with Gasteiger partial charge in [-0.2, -0.15) is 10.5 Å². The molecule has 12 nitrogen and oxygen atoms in total. The summed E-state index contributed by atoms with van der Waals surface area (Å²) in [6.07, 6.45) is 1.67. The van der Waals surface area contributed by atoms with Crippen molar-refractivity contribution in [2.75, 3.05) is 16.8 Å². The summed E-state index contributed by atoms with van der Waals surface area (Å²) >= 11 is 0. The van der Waals surface area contributed by atoms with Gasteiger partial charge < -0.3 is 21.9 Å². The highest BCUT2D eigenvalue weighted by Gasteiger charge is 2.33. The smallest absolute Gasteiger partial charge is 0.275 e. The van der Waals surface area contributed by atoms with Gasteiger partial charge in [-0.1, -0.05) is 0 Å². The van der Waals surface area contributed by atoms with Crippen LogP contribution in [0.25, 0.3) is 0 Å². The Kier molecular flexibility index (Phi) is 4.08. The number of fused-ring (bicyclic) bond motifs is 1. The van der Waals surface area contributed by atoms with E-state index in [0.717, 1.165) is 18.2 Å². The quantitative estimate of drug-likeness (QED) is 0.217. The lowest BCUT2D eigenvalue weighted by Crippen LogP contribution is -2.33. The third-order valence-electron chi connectivity index (χ3n) is 3.86. The Labute approximate surface area is 151 Å². The van der Waals surface area contributed by atoms with Crippen molar-refractivity contribution in [3.05, 3.63) is 45.0 Å². The van der Waals surface area contributed by atoms with E-state index in [1.165, 1.54) is 0 Å².